The minimum Gasteiger partial charge on any atom is -0.492 e. The maximum atomic E-state index is 12.6. The number of ether oxygens (including phenoxy) is 1. The summed E-state index contributed by atoms with van der Waals surface area (Å²) in [6.45, 7) is 7.56. The highest BCUT2D eigenvalue weighted by Crippen LogP contribution is 2.28. The summed E-state index contributed by atoms with van der Waals surface area (Å²) >= 11 is 0. The van der Waals surface area contributed by atoms with Gasteiger partial charge in [-0.05, 0) is 31.0 Å². The number of rotatable bonds is 8. The molecule has 1 fully saturated rings. The average molecular weight is 395 g/mol. The van der Waals surface area contributed by atoms with Crippen LogP contribution in [0.25, 0.3) is 0 Å². The van der Waals surface area contributed by atoms with Crippen molar-refractivity contribution in [1.29, 1.82) is 0 Å². The number of para-hydroxylation sites is 2. The molecule has 154 valence electrons. The van der Waals surface area contributed by atoms with Gasteiger partial charge in [0, 0.05) is 44.6 Å². The molecule has 2 aromatic carbocycles. The van der Waals surface area contributed by atoms with Gasteiger partial charge in [0.25, 0.3) is 0 Å². The number of carbonyl (C=O) groups excluding carboxylic acids is 2. The van der Waals surface area contributed by atoms with Gasteiger partial charge in [0.2, 0.25) is 5.91 Å². The van der Waals surface area contributed by atoms with Crippen molar-refractivity contribution in [2.75, 3.05) is 37.7 Å². The lowest BCUT2D eigenvalue weighted by Gasteiger charge is -2.36. The van der Waals surface area contributed by atoms with Crippen molar-refractivity contribution in [2.45, 2.75) is 33.1 Å². The number of Topliss-reactive ketones (excluding diaryl/α,β-unsaturated/α-hetero) is 1. The first-order valence-corrected chi connectivity index (χ1v) is 10.5. The van der Waals surface area contributed by atoms with Gasteiger partial charge in [-0.25, -0.2) is 0 Å². The Morgan fingerprint density at radius 3 is 2.24 bits per heavy atom. The molecule has 0 aliphatic carbocycles. The van der Waals surface area contributed by atoms with E-state index in [1.807, 2.05) is 54.3 Å². The van der Waals surface area contributed by atoms with Crippen LogP contribution in [-0.2, 0) is 11.2 Å². The van der Waals surface area contributed by atoms with Crippen LogP contribution in [0.2, 0.25) is 0 Å². The van der Waals surface area contributed by atoms with E-state index in [4.69, 9.17) is 4.74 Å². The molecule has 1 amide bonds. The molecule has 0 atom stereocenters. The van der Waals surface area contributed by atoms with E-state index >= 15 is 0 Å². The Kier molecular flexibility index (Phi) is 7.28. The molecular formula is C24H30N2O3. The molecule has 0 saturated carbocycles. The van der Waals surface area contributed by atoms with Crippen LogP contribution < -0.4 is 9.64 Å². The van der Waals surface area contributed by atoms with E-state index in [0.29, 0.717) is 25.3 Å². The summed E-state index contributed by atoms with van der Waals surface area (Å²) in [6.07, 6.45) is 1.48. The summed E-state index contributed by atoms with van der Waals surface area (Å²) in [5.41, 5.74) is 2.97. The monoisotopic (exact) mass is 394 g/mol. The minimum absolute atomic E-state index is 0.0327. The van der Waals surface area contributed by atoms with Crippen LogP contribution in [0.1, 0.15) is 42.6 Å². The molecule has 1 aliphatic heterocycles. The van der Waals surface area contributed by atoms with Gasteiger partial charge in [-0.2, -0.15) is 0 Å². The molecule has 29 heavy (non-hydrogen) atoms. The Bertz CT molecular complexity index is 824. The Morgan fingerprint density at radius 2 is 1.59 bits per heavy atom. The molecule has 0 aromatic heterocycles. The lowest BCUT2D eigenvalue weighted by molar-refractivity contribution is -0.131. The summed E-state index contributed by atoms with van der Waals surface area (Å²) in [6, 6.07) is 15.7. The summed E-state index contributed by atoms with van der Waals surface area (Å²) in [5, 5.41) is 0. The zero-order chi connectivity index (χ0) is 20.6. The van der Waals surface area contributed by atoms with Crippen LogP contribution in [0.3, 0.4) is 0 Å². The van der Waals surface area contributed by atoms with Crippen molar-refractivity contribution in [3.63, 3.8) is 0 Å². The lowest BCUT2D eigenvalue weighted by atomic mass is 10.0. The second kappa shape index (κ2) is 10.1. The normalized spacial score (nSPS) is 14.0. The van der Waals surface area contributed by atoms with E-state index < -0.39 is 0 Å². The number of hydrogen-bond acceptors (Lipinski definition) is 4. The number of carbonyl (C=O) groups is 2. The van der Waals surface area contributed by atoms with Crippen molar-refractivity contribution < 1.29 is 14.3 Å². The van der Waals surface area contributed by atoms with E-state index in [9.17, 15) is 9.59 Å². The highest BCUT2D eigenvalue weighted by atomic mass is 16.5. The van der Waals surface area contributed by atoms with Crippen LogP contribution in [-0.4, -0.2) is 49.4 Å². The average Bonchev–Trinajstić information content (AvgIpc) is 2.78. The standard InChI is InChI=1S/C24H30N2O3/c1-3-19-9-11-20(12-10-19)22(27)13-14-24(28)26-17-15-25(16-18-26)21-7-5-6-8-23(21)29-4-2/h5-12H,3-4,13-18H2,1-2H3. The highest BCUT2D eigenvalue weighted by molar-refractivity contribution is 5.98. The van der Waals surface area contributed by atoms with Crippen LogP contribution >= 0.6 is 0 Å². The number of ketones is 1. The lowest BCUT2D eigenvalue weighted by Crippen LogP contribution is -2.48. The van der Waals surface area contributed by atoms with Crippen LogP contribution in [0.5, 0.6) is 5.75 Å². The van der Waals surface area contributed by atoms with Crippen molar-refractivity contribution in [2.24, 2.45) is 0 Å². The van der Waals surface area contributed by atoms with Gasteiger partial charge in [0.05, 0.1) is 12.3 Å². The van der Waals surface area contributed by atoms with Crippen molar-refractivity contribution in [1.82, 2.24) is 4.90 Å². The fourth-order valence-corrected chi connectivity index (χ4v) is 3.64. The van der Waals surface area contributed by atoms with Gasteiger partial charge in [-0.15, -0.1) is 0 Å². The summed E-state index contributed by atoms with van der Waals surface area (Å²) in [7, 11) is 0. The first-order chi connectivity index (χ1) is 14.1. The topological polar surface area (TPSA) is 49.9 Å². The molecule has 0 N–H and O–H groups in total. The quantitative estimate of drug-likeness (QED) is 0.636. The molecule has 0 radical (unpaired) electrons. The predicted molar refractivity (Wildman–Crippen MR) is 116 cm³/mol. The fraction of sp³-hybridized carbons (Fsp3) is 0.417. The highest BCUT2D eigenvalue weighted by Gasteiger charge is 2.23. The van der Waals surface area contributed by atoms with Crippen molar-refractivity contribution in [3.05, 3.63) is 59.7 Å². The molecule has 1 heterocycles. The largest absolute Gasteiger partial charge is 0.492 e. The fourth-order valence-electron chi connectivity index (χ4n) is 3.64. The first kappa shape index (κ1) is 20.9. The van der Waals surface area contributed by atoms with Crippen molar-refractivity contribution >= 4 is 17.4 Å². The summed E-state index contributed by atoms with van der Waals surface area (Å²) in [4.78, 5) is 29.1. The molecule has 1 saturated heterocycles. The zero-order valence-electron chi connectivity index (χ0n) is 17.4. The predicted octanol–water partition coefficient (Wildman–Crippen LogP) is 3.96. The Morgan fingerprint density at radius 1 is 0.897 bits per heavy atom. The Labute approximate surface area is 173 Å². The second-order valence-electron chi connectivity index (χ2n) is 7.24. The van der Waals surface area contributed by atoms with Gasteiger partial charge in [-0.1, -0.05) is 43.3 Å². The SMILES string of the molecule is CCOc1ccccc1N1CCN(C(=O)CCC(=O)c2ccc(CC)cc2)CC1. The Balaban J connectivity index is 1.49. The number of benzene rings is 2. The summed E-state index contributed by atoms with van der Waals surface area (Å²) < 4.78 is 5.73. The Hall–Kier alpha value is -2.82. The number of piperazine rings is 1. The minimum atomic E-state index is 0.0327. The smallest absolute Gasteiger partial charge is 0.223 e. The number of hydrogen-bond donors (Lipinski definition) is 0. The number of amides is 1. The summed E-state index contributed by atoms with van der Waals surface area (Å²) in [5.74, 6) is 0.973. The van der Waals surface area contributed by atoms with E-state index in [0.717, 1.165) is 30.9 Å². The molecule has 3 rings (SSSR count). The maximum Gasteiger partial charge on any atom is 0.223 e. The number of anilines is 1. The zero-order valence-corrected chi connectivity index (χ0v) is 17.4. The molecule has 5 nitrogen and oxygen atoms in total. The number of aryl methyl sites for hydroxylation is 1. The molecule has 0 spiro atoms. The van der Waals surface area contributed by atoms with E-state index in [1.165, 1.54) is 5.56 Å². The van der Waals surface area contributed by atoms with Crippen LogP contribution in [0.4, 0.5) is 5.69 Å². The van der Waals surface area contributed by atoms with Crippen LogP contribution in [0, 0.1) is 0 Å². The third-order valence-electron chi connectivity index (χ3n) is 5.39. The third-order valence-corrected chi connectivity index (χ3v) is 5.39. The van der Waals surface area contributed by atoms with Crippen molar-refractivity contribution in [3.8, 4) is 5.75 Å². The molecule has 0 bridgehead atoms. The number of nitrogens with zero attached hydrogens (tertiary/aromatic N) is 2. The second-order valence-corrected chi connectivity index (χ2v) is 7.24. The van der Waals surface area contributed by atoms with Gasteiger partial charge < -0.3 is 14.5 Å². The maximum absolute atomic E-state index is 12.6. The van der Waals surface area contributed by atoms with Gasteiger partial charge in [0.1, 0.15) is 5.75 Å². The van der Waals surface area contributed by atoms with Gasteiger partial charge in [0.15, 0.2) is 5.78 Å². The van der Waals surface area contributed by atoms with E-state index in [2.05, 4.69) is 17.9 Å². The van der Waals surface area contributed by atoms with E-state index in [-0.39, 0.29) is 24.5 Å². The van der Waals surface area contributed by atoms with E-state index in [1.54, 1.807) is 0 Å². The molecule has 5 heteroatoms. The molecular weight excluding hydrogens is 364 g/mol. The third kappa shape index (κ3) is 5.37. The molecule has 2 aromatic rings. The first-order valence-electron chi connectivity index (χ1n) is 10.5. The molecule has 0 unspecified atom stereocenters. The van der Waals surface area contributed by atoms with Gasteiger partial charge in [-0.3, -0.25) is 9.59 Å². The molecule has 1 aliphatic rings. The van der Waals surface area contributed by atoms with Crippen LogP contribution in [0.15, 0.2) is 48.5 Å². The van der Waals surface area contributed by atoms with Gasteiger partial charge >= 0.3 is 0 Å².